The molecule has 0 radical (unpaired) electrons. The van der Waals surface area contributed by atoms with Crippen molar-refractivity contribution in [3.63, 3.8) is 0 Å². The summed E-state index contributed by atoms with van der Waals surface area (Å²) < 4.78 is 2.11. The maximum atomic E-state index is 13.4. The van der Waals surface area contributed by atoms with Gasteiger partial charge in [-0.2, -0.15) is 0 Å². The van der Waals surface area contributed by atoms with Crippen molar-refractivity contribution < 1.29 is 4.79 Å². The Morgan fingerprint density at radius 2 is 1.59 bits per heavy atom. The maximum Gasteiger partial charge on any atom is 0.223 e. The SMILES string of the molecule is O=C(CC(c1ccccc1)c1cnc2ccccn12)N1CCC(Cc2ccccc2)CC1. The van der Waals surface area contributed by atoms with Crippen LogP contribution >= 0.6 is 0 Å². The average Bonchev–Trinajstić information content (AvgIpc) is 3.28. The molecule has 5 rings (SSSR count). The average molecular weight is 424 g/mol. The Morgan fingerprint density at radius 1 is 0.906 bits per heavy atom. The monoisotopic (exact) mass is 423 g/mol. The molecule has 32 heavy (non-hydrogen) atoms. The van der Waals surface area contributed by atoms with Crippen LogP contribution in [0.1, 0.15) is 42.0 Å². The number of imidazole rings is 1. The molecular weight excluding hydrogens is 394 g/mol. The van der Waals surface area contributed by atoms with Gasteiger partial charge in [0.05, 0.1) is 5.69 Å². The van der Waals surface area contributed by atoms with Crippen LogP contribution in [0.15, 0.2) is 91.3 Å². The van der Waals surface area contributed by atoms with Crippen LogP contribution in [0, 0.1) is 5.92 Å². The molecule has 1 fully saturated rings. The second-order valence-corrected chi connectivity index (χ2v) is 8.79. The largest absolute Gasteiger partial charge is 0.343 e. The lowest BCUT2D eigenvalue weighted by Gasteiger charge is -2.33. The predicted octanol–water partition coefficient (Wildman–Crippen LogP) is 5.34. The van der Waals surface area contributed by atoms with Crippen LogP contribution in [0.25, 0.3) is 5.65 Å². The van der Waals surface area contributed by atoms with Crippen LogP contribution < -0.4 is 0 Å². The molecule has 1 aliphatic heterocycles. The van der Waals surface area contributed by atoms with Gasteiger partial charge in [0.15, 0.2) is 0 Å². The second kappa shape index (κ2) is 9.39. The summed E-state index contributed by atoms with van der Waals surface area (Å²) in [6.45, 7) is 1.70. The van der Waals surface area contributed by atoms with Gasteiger partial charge >= 0.3 is 0 Å². The van der Waals surface area contributed by atoms with Crippen molar-refractivity contribution >= 4 is 11.6 Å². The fourth-order valence-corrected chi connectivity index (χ4v) is 4.93. The van der Waals surface area contributed by atoms with Crippen molar-refractivity contribution in [1.29, 1.82) is 0 Å². The van der Waals surface area contributed by atoms with Crippen LogP contribution in [0.4, 0.5) is 0 Å². The number of fused-ring (bicyclic) bond motifs is 1. The van der Waals surface area contributed by atoms with E-state index in [1.165, 1.54) is 5.56 Å². The van der Waals surface area contributed by atoms with Gasteiger partial charge in [-0.1, -0.05) is 66.7 Å². The summed E-state index contributed by atoms with van der Waals surface area (Å²) in [4.78, 5) is 20.0. The van der Waals surface area contributed by atoms with E-state index in [0.717, 1.165) is 49.3 Å². The molecule has 2 aromatic heterocycles. The molecule has 0 N–H and O–H groups in total. The number of amides is 1. The number of hydrogen-bond acceptors (Lipinski definition) is 2. The van der Waals surface area contributed by atoms with Crippen molar-refractivity contribution in [2.24, 2.45) is 5.92 Å². The first-order chi connectivity index (χ1) is 15.8. The number of likely N-dealkylation sites (tertiary alicyclic amines) is 1. The molecule has 1 atom stereocenters. The molecule has 0 aliphatic carbocycles. The van der Waals surface area contributed by atoms with Crippen LogP contribution in [-0.4, -0.2) is 33.3 Å². The molecule has 0 saturated carbocycles. The van der Waals surface area contributed by atoms with Crippen molar-refractivity contribution in [2.45, 2.75) is 31.6 Å². The number of rotatable bonds is 6. The molecule has 1 aliphatic rings. The van der Waals surface area contributed by atoms with Crippen LogP contribution in [-0.2, 0) is 11.2 Å². The van der Waals surface area contributed by atoms with Crippen molar-refractivity contribution in [3.05, 3.63) is 108 Å². The zero-order valence-corrected chi connectivity index (χ0v) is 18.3. The highest BCUT2D eigenvalue weighted by Crippen LogP contribution is 2.30. The molecule has 0 bridgehead atoms. The molecule has 0 spiro atoms. The van der Waals surface area contributed by atoms with E-state index in [2.05, 4.69) is 56.7 Å². The molecular formula is C28H29N3O. The zero-order chi connectivity index (χ0) is 21.8. The van der Waals surface area contributed by atoms with E-state index in [1.807, 2.05) is 48.8 Å². The number of benzene rings is 2. The zero-order valence-electron chi connectivity index (χ0n) is 18.3. The number of hydrogen-bond donors (Lipinski definition) is 0. The van der Waals surface area contributed by atoms with Crippen molar-refractivity contribution in [1.82, 2.24) is 14.3 Å². The van der Waals surface area contributed by atoms with Gasteiger partial charge in [0.25, 0.3) is 0 Å². The molecule has 2 aromatic carbocycles. The molecule has 4 nitrogen and oxygen atoms in total. The number of nitrogens with zero attached hydrogens (tertiary/aromatic N) is 3. The summed E-state index contributed by atoms with van der Waals surface area (Å²) in [5.41, 5.74) is 4.54. The molecule has 1 saturated heterocycles. The summed E-state index contributed by atoms with van der Waals surface area (Å²) in [5.74, 6) is 0.885. The van der Waals surface area contributed by atoms with Crippen LogP contribution in [0.2, 0.25) is 0 Å². The Hall–Kier alpha value is -3.40. The fourth-order valence-electron chi connectivity index (χ4n) is 4.93. The summed E-state index contributed by atoms with van der Waals surface area (Å²) in [7, 11) is 0. The smallest absolute Gasteiger partial charge is 0.223 e. The minimum atomic E-state index is -0.0110. The summed E-state index contributed by atoms with van der Waals surface area (Å²) in [5, 5.41) is 0. The van der Waals surface area contributed by atoms with E-state index >= 15 is 0 Å². The third kappa shape index (κ3) is 4.45. The van der Waals surface area contributed by atoms with Crippen LogP contribution in [0.5, 0.6) is 0 Å². The first-order valence-electron chi connectivity index (χ1n) is 11.6. The highest BCUT2D eigenvalue weighted by molar-refractivity contribution is 5.78. The highest BCUT2D eigenvalue weighted by Gasteiger charge is 2.27. The number of carbonyl (C=O) groups excluding carboxylic acids is 1. The topological polar surface area (TPSA) is 37.6 Å². The molecule has 162 valence electrons. The minimum absolute atomic E-state index is 0.0110. The Kier molecular flexibility index (Phi) is 6.02. The molecule has 3 heterocycles. The van der Waals surface area contributed by atoms with Gasteiger partial charge < -0.3 is 9.30 Å². The lowest BCUT2D eigenvalue weighted by molar-refractivity contribution is -0.132. The van der Waals surface area contributed by atoms with Gasteiger partial charge in [-0.3, -0.25) is 4.79 Å². The third-order valence-corrected chi connectivity index (χ3v) is 6.72. The summed E-state index contributed by atoms with van der Waals surface area (Å²) in [6.07, 6.45) is 7.69. The van der Waals surface area contributed by atoms with E-state index < -0.39 is 0 Å². The molecule has 1 amide bonds. The lowest BCUT2D eigenvalue weighted by Crippen LogP contribution is -2.39. The quantitative estimate of drug-likeness (QED) is 0.420. The normalized spacial score (nSPS) is 15.7. The van der Waals surface area contributed by atoms with Crippen molar-refractivity contribution in [3.8, 4) is 0 Å². The lowest BCUT2D eigenvalue weighted by atomic mass is 9.89. The predicted molar refractivity (Wildman–Crippen MR) is 128 cm³/mol. The third-order valence-electron chi connectivity index (χ3n) is 6.72. The van der Waals surface area contributed by atoms with E-state index in [-0.39, 0.29) is 11.8 Å². The fraction of sp³-hybridized carbons (Fsp3) is 0.286. The number of aromatic nitrogens is 2. The number of pyridine rings is 1. The van der Waals surface area contributed by atoms with E-state index in [4.69, 9.17) is 0 Å². The standard InChI is InChI=1S/C28H29N3O/c32-28(30-17-14-23(15-18-30)19-22-9-3-1-4-10-22)20-25(24-11-5-2-6-12-24)26-21-29-27-13-7-8-16-31(26)27/h1-13,16,21,23,25H,14-15,17-20H2. The van der Waals surface area contributed by atoms with Gasteiger partial charge in [-0.05, 0) is 48.4 Å². The Morgan fingerprint density at radius 3 is 2.34 bits per heavy atom. The van der Waals surface area contributed by atoms with Gasteiger partial charge in [0.1, 0.15) is 5.65 Å². The van der Waals surface area contributed by atoms with Crippen molar-refractivity contribution in [2.75, 3.05) is 13.1 Å². The minimum Gasteiger partial charge on any atom is -0.343 e. The summed E-state index contributed by atoms with van der Waals surface area (Å²) in [6, 6.07) is 27.1. The maximum absolute atomic E-state index is 13.4. The Bertz CT molecular complexity index is 1160. The first-order valence-corrected chi connectivity index (χ1v) is 11.6. The van der Waals surface area contributed by atoms with E-state index in [9.17, 15) is 4.79 Å². The first kappa shape index (κ1) is 20.5. The van der Waals surface area contributed by atoms with Crippen LogP contribution in [0.3, 0.4) is 0 Å². The number of carbonyl (C=O) groups is 1. The highest BCUT2D eigenvalue weighted by atomic mass is 16.2. The second-order valence-electron chi connectivity index (χ2n) is 8.79. The molecule has 4 aromatic rings. The molecule has 4 heteroatoms. The van der Waals surface area contributed by atoms with Gasteiger partial charge in [-0.15, -0.1) is 0 Å². The Balaban J connectivity index is 1.30. The van der Waals surface area contributed by atoms with Gasteiger partial charge in [-0.25, -0.2) is 4.98 Å². The van der Waals surface area contributed by atoms with Gasteiger partial charge in [0.2, 0.25) is 5.91 Å². The molecule has 1 unspecified atom stereocenters. The summed E-state index contributed by atoms with van der Waals surface area (Å²) >= 11 is 0. The van der Waals surface area contributed by atoms with E-state index in [1.54, 1.807) is 0 Å². The van der Waals surface area contributed by atoms with E-state index in [0.29, 0.717) is 12.3 Å². The number of piperidine rings is 1. The Labute approximate surface area is 189 Å². The van der Waals surface area contributed by atoms with Gasteiger partial charge in [0, 0.05) is 37.8 Å².